The van der Waals surface area contributed by atoms with Crippen molar-refractivity contribution in [3.05, 3.63) is 18.1 Å². The molecule has 2 rings (SSSR count). The van der Waals surface area contributed by atoms with E-state index in [0.29, 0.717) is 5.92 Å². The van der Waals surface area contributed by atoms with Crippen LogP contribution >= 0.6 is 0 Å². The first-order valence-electron chi connectivity index (χ1n) is 5.96. The number of rotatable bonds is 2. The molecule has 5 nitrogen and oxygen atoms in total. The van der Waals surface area contributed by atoms with E-state index in [0.717, 1.165) is 37.4 Å². The molecule has 5 heteroatoms. The van der Waals surface area contributed by atoms with E-state index in [-0.39, 0.29) is 5.91 Å². The fraction of sp³-hybridized carbons (Fsp3) is 0.583. The highest BCUT2D eigenvalue weighted by atomic mass is 16.2. The zero-order chi connectivity index (χ0) is 12.3. The third-order valence-electron chi connectivity index (χ3n) is 3.22. The summed E-state index contributed by atoms with van der Waals surface area (Å²) in [4.78, 5) is 22.0. The number of likely N-dealkylation sites (tertiary alicyclic amines) is 1. The van der Waals surface area contributed by atoms with E-state index >= 15 is 0 Å². The number of aromatic nitrogens is 2. The molecule has 1 N–H and O–H groups in total. The Labute approximate surface area is 101 Å². The maximum Gasteiger partial charge on any atom is 0.219 e. The predicted octanol–water partition coefficient (Wildman–Crippen LogP) is 1.24. The minimum absolute atomic E-state index is 0.143. The minimum Gasteiger partial charge on any atom is -0.372 e. The molecule has 0 spiro atoms. The normalized spacial score (nSPS) is 20.1. The SMILES string of the molecule is CNc1nccnc1[C@@H]1CCCN(C(C)=O)C1. The van der Waals surface area contributed by atoms with Gasteiger partial charge in [0.2, 0.25) is 5.91 Å². The number of carbonyl (C=O) groups is 1. The Bertz CT molecular complexity index is 407. The lowest BCUT2D eigenvalue weighted by Crippen LogP contribution is -2.38. The van der Waals surface area contributed by atoms with Gasteiger partial charge in [0.05, 0.1) is 5.69 Å². The first-order chi connectivity index (χ1) is 8.22. The van der Waals surface area contributed by atoms with Gasteiger partial charge in [-0.3, -0.25) is 9.78 Å². The van der Waals surface area contributed by atoms with Gasteiger partial charge in [-0.1, -0.05) is 0 Å². The van der Waals surface area contributed by atoms with Crippen molar-refractivity contribution in [2.45, 2.75) is 25.7 Å². The highest BCUT2D eigenvalue weighted by molar-refractivity contribution is 5.73. The summed E-state index contributed by atoms with van der Waals surface area (Å²) in [5.41, 5.74) is 0.973. The topological polar surface area (TPSA) is 58.1 Å². The maximum absolute atomic E-state index is 11.4. The van der Waals surface area contributed by atoms with Crippen LogP contribution in [0, 0.1) is 0 Å². The first-order valence-corrected chi connectivity index (χ1v) is 5.96. The molecule has 0 aliphatic carbocycles. The summed E-state index contributed by atoms with van der Waals surface area (Å²) in [7, 11) is 1.85. The molecule has 1 fully saturated rings. The van der Waals surface area contributed by atoms with Gasteiger partial charge in [0.1, 0.15) is 5.82 Å². The lowest BCUT2D eigenvalue weighted by atomic mass is 9.94. The smallest absolute Gasteiger partial charge is 0.219 e. The van der Waals surface area contributed by atoms with Crippen LogP contribution in [0.25, 0.3) is 0 Å². The fourth-order valence-electron chi connectivity index (χ4n) is 2.33. The molecular formula is C12H18N4O. The molecule has 0 bridgehead atoms. The Hall–Kier alpha value is -1.65. The van der Waals surface area contributed by atoms with Gasteiger partial charge in [0.15, 0.2) is 0 Å². The van der Waals surface area contributed by atoms with Crippen LogP contribution in [0.1, 0.15) is 31.4 Å². The number of nitrogens with one attached hydrogen (secondary N) is 1. The van der Waals surface area contributed by atoms with Crippen LogP contribution in [-0.4, -0.2) is 40.9 Å². The molecule has 1 amide bonds. The molecule has 1 aliphatic heterocycles. The molecule has 0 radical (unpaired) electrons. The number of piperidine rings is 1. The van der Waals surface area contributed by atoms with Crippen molar-refractivity contribution in [2.75, 3.05) is 25.5 Å². The van der Waals surface area contributed by atoms with E-state index in [1.165, 1.54) is 0 Å². The van der Waals surface area contributed by atoms with Crippen molar-refractivity contribution >= 4 is 11.7 Å². The van der Waals surface area contributed by atoms with Crippen molar-refractivity contribution in [3.63, 3.8) is 0 Å². The van der Waals surface area contributed by atoms with Crippen LogP contribution in [0.15, 0.2) is 12.4 Å². The summed E-state index contributed by atoms with van der Waals surface area (Å²) < 4.78 is 0. The lowest BCUT2D eigenvalue weighted by Gasteiger charge is -2.32. The summed E-state index contributed by atoms with van der Waals surface area (Å²) in [5, 5.41) is 3.06. The second-order valence-electron chi connectivity index (χ2n) is 4.34. The van der Waals surface area contributed by atoms with Crippen LogP contribution in [-0.2, 0) is 4.79 Å². The van der Waals surface area contributed by atoms with Crippen molar-refractivity contribution in [2.24, 2.45) is 0 Å². The Balaban J connectivity index is 2.18. The van der Waals surface area contributed by atoms with Gasteiger partial charge in [0, 0.05) is 45.4 Å². The number of hydrogen-bond acceptors (Lipinski definition) is 4. The summed E-state index contributed by atoms with van der Waals surface area (Å²) >= 11 is 0. The Morgan fingerprint density at radius 2 is 2.24 bits per heavy atom. The van der Waals surface area contributed by atoms with Gasteiger partial charge in [0.25, 0.3) is 0 Å². The van der Waals surface area contributed by atoms with Gasteiger partial charge < -0.3 is 10.2 Å². The number of hydrogen-bond donors (Lipinski definition) is 1. The second-order valence-corrected chi connectivity index (χ2v) is 4.34. The van der Waals surface area contributed by atoms with E-state index in [1.54, 1.807) is 19.3 Å². The molecule has 2 heterocycles. The summed E-state index contributed by atoms with van der Waals surface area (Å²) in [5.74, 6) is 1.26. The first kappa shape index (κ1) is 11.8. The van der Waals surface area contributed by atoms with Crippen LogP contribution in [0.2, 0.25) is 0 Å². The molecule has 92 valence electrons. The Kier molecular flexibility index (Phi) is 3.56. The summed E-state index contributed by atoms with van der Waals surface area (Å²) in [6, 6.07) is 0. The fourth-order valence-corrected chi connectivity index (χ4v) is 2.33. The van der Waals surface area contributed by atoms with Gasteiger partial charge in [-0.15, -0.1) is 0 Å². The quantitative estimate of drug-likeness (QED) is 0.836. The number of nitrogens with zero attached hydrogens (tertiary/aromatic N) is 3. The zero-order valence-electron chi connectivity index (χ0n) is 10.3. The summed E-state index contributed by atoms with van der Waals surface area (Å²) in [6.45, 7) is 3.24. The van der Waals surface area contributed by atoms with Crippen molar-refractivity contribution in [1.29, 1.82) is 0 Å². The lowest BCUT2D eigenvalue weighted by molar-refractivity contribution is -0.130. The monoisotopic (exact) mass is 234 g/mol. The highest BCUT2D eigenvalue weighted by Gasteiger charge is 2.25. The molecule has 0 unspecified atom stereocenters. The van der Waals surface area contributed by atoms with Crippen LogP contribution < -0.4 is 5.32 Å². The third kappa shape index (κ3) is 2.54. The predicted molar refractivity (Wildman–Crippen MR) is 65.8 cm³/mol. The molecular weight excluding hydrogens is 216 g/mol. The van der Waals surface area contributed by atoms with E-state index in [9.17, 15) is 4.79 Å². The average Bonchev–Trinajstić information content (AvgIpc) is 2.39. The van der Waals surface area contributed by atoms with Crippen molar-refractivity contribution in [3.8, 4) is 0 Å². The maximum atomic E-state index is 11.4. The molecule has 17 heavy (non-hydrogen) atoms. The van der Waals surface area contributed by atoms with Crippen LogP contribution in [0.5, 0.6) is 0 Å². The van der Waals surface area contributed by atoms with Crippen LogP contribution in [0.4, 0.5) is 5.82 Å². The number of anilines is 1. The highest BCUT2D eigenvalue weighted by Crippen LogP contribution is 2.28. The molecule has 1 atom stereocenters. The molecule has 1 aromatic heterocycles. The largest absolute Gasteiger partial charge is 0.372 e. The van der Waals surface area contributed by atoms with E-state index in [4.69, 9.17) is 0 Å². The molecule has 0 saturated carbocycles. The van der Waals surface area contributed by atoms with Crippen LogP contribution in [0.3, 0.4) is 0 Å². The van der Waals surface area contributed by atoms with Gasteiger partial charge >= 0.3 is 0 Å². The molecule has 1 saturated heterocycles. The average molecular weight is 234 g/mol. The van der Waals surface area contributed by atoms with Gasteiger partial charge in [-0.2, -0.15) is 0 Å². The number of carbonyl (C=O) groups excluding carboxylic acids is 1. The standard InChI is InChI=1S/C12H18N4O/c1-9(17)16-7-3-4-10(8-16)11-12(13-2)15-6-5-14-11/h5-6,10H,3-4,7-8H2,1-2H3,(H,13,15)/t10-/m1/s1. The van der Waals surface area contributed by atoms with E-state index < -0.39 is 0 Å². The Morgan fingerprint density at radius 3 is 2.94 bits per heavy atom. The Morgan fingerprint density at radius 1 is 1.47 bits per heavy atom. The summed E-state index contributed by atoms with van der Waals surface area (Å²) in [6.07, 6.45) is 5.49. The van der Waals surface area contributed by atoms with E-state index in [2.05, 4.69) is 15.3 Å². The zero-order valence-corrected chi connectivity index (χ0v) is 10.3. The van der Waals surface area contributed by atoms with Crippen molar-refractivity contribution in [1.82, 2.24) is 14.9 Å². The molecule has 1 aromatic rings. The molecule has 1 aliphatic rings. The second kappa shape index (κ2) is 5.12. The van der Waals surface area contributed by atoms with Crippen molar-refractivity contribution < 1.29 is 4.79 Å². The van der Waals surface area contributed by atoms with Gasteiger partial charge in [-0.05, 0) is 12.8 Å². The minimum atomic E-state index is 0.143. The molecule has 0 aromatic carbocycles. The van der Waals surface area contributed by atoms with Gasteiger partial charge in [-0.25, -0.2) is 4.98 Å². The number of amides is 1. The third-order valence-corrected chi connectivity index (χ3v) is 3.22. The van der Waals surface area contributed by atoms with E-state index in [1.807, 2.05) is 11.9 Å².